The van der Waals surface area contributed by atoms with Gasteiger partial charge >= 0.3 is 0 Å². The Kier molecular flexibility index (Phi) is 7.98. The predicted molar refractivity (Wildman–Crippen MR) is 106 cm³/mol. The molecule has 0 saturated carbocycles. The second-order valence-corrected chi connectivity index (χ2v) is 8.77. The maximum atomic E-state index is 12.0. The van der Waals surface area contributed by atoms with Crippen molar-refractivity contribution >= 4 is 51.3 Å². The highest BCUT2D eigenvalue weighted by Crippen LogP contribution is 2.23. The maximum Gasteiger partial charge on any atom is 0.252 e. The highest BCUT2D eigenvalue weighted by molar-refractivity contribution is 14.0. The molecule has 6 nitrogen and oxygen atoms in total. The number of thiophene rings is 1. The predicted octanol–water partition coefficient (Wildman–Crippen LogP) is 2.00. The average Bonchev–Trinajstić information content (AvgIpc) is 3.14. The molecule has 0 aliphatic heterocycles. The summed E-state index contributed by atoms with van der Waals surface area (Å²) in [5, 5.41) is 6.57. The van der Waals surface area contributed by atoms with Crippen LogP contribution in [0.15, 0.2) is 33.5 Å². The van der Waals surface area contributed by atoms with E-state index in [1.54, 1.807) is 13.1 Å². The Hall–Kier alpha value is -0.650. The number of aliphatic imine (C=N–C) groups is 1. The topological polar surface area (TPSA) is 73.8 Å². The average molecular weight is 470 g/mol. The van der Waals surface area contributed by atoms with Crippen LogP contribution < -0.4 is 10.6 Å². The molecule has 1 aliphatic carbocycles. The molecule has 0 radical (unpaired) electrons. The van der Waals surface area contributed by atoms with Crippen LogP contribution in [0, 0.1) is 0 Å². The van der Waals surface area contributed by atoms with Crippen LogP contribution in [0.3, 0.4) is 0 Å². The van der Waals surface area contributed by atoms with E-state index < -0.39 is 10.0 Å². The molecule has 1 aromatic heterocycles. The van der Waals surface area contributed by atoms with Gasteiger partial charge in [0, 0.05) is 32.1 Å². The monoisotopic (exact) mass is 470 g/mol. The number of halogens is 1. The molecule has 9 heteroatoms. The second-order valence-electron chi connectivity index (χ2n) is 5.22. The normalized spacial score (nSPS) is 15.7. The lowest BCUT2D eigenvalue weighted by Gasteiger charge is -2.16. The van der Waals surface area contributed by atoms with Crippen LogP contribution in [-0.2, 0) is 16.6 Å². The van der Waals surface area contributed by atoms with Crippen LogP contribution in [0.1, 0.15) is 17.7 Å². The second kappa shape index (κ2) is 9.00. The summed E-state index contributed by atoms with van der Waals surface area (Å²) in [7, 11) is 1.45. The van der Waals surface area contributed by atoms with Gasteiger partial charge in [0.2, 0.25) is 0 Å². The number of rotatable bonds is 5. The smallest absolute Gasteiger partial charge is 0.252 e. The summed E-state index contributed by atoms with van der Waals surface area (Å²) in [6, 6.07) is 3.87. The van der Waals surface area contributed by atoms with E-state index in [1.807, 2.05) is 6.07 Å². The molecule has 1 aromatic rings. The molecule has 0 aromatic carbocycles. The quantitative estimate of drug-likeness (QED) is 0.299. The van der Waals surface area contributed by atoms with Crippen molar-refractivity contribution in [3.63, 3.8) is 0 Å². The summed E-state index contributed by atoms with van der Waals surface area (Å²) in [5.74, 6) is 0.735. The summed E-state index contributed by atoms with van der Waals surface area (Å²) in [5.41, 5.74) is 0. The molecular formula is C14H23IN4O2S2. The SMILES string of the molecule is CN=C(NCc1ccc(S(=O)(=O)N(C)C)s1)NC1CC=CC1.I. The van der Waals surface area contributed by atoms with Crippen molar-refractivity contribution in [2.45, 2.75) is 29.6 Å². The lowest BCUT2D eigenvalue weighted by molar-refractivity contribution is 0.523. The van der Waals surface area contributed by atoms with Gasteiger partial charge in [-0.05, 0) is 25.0 Å². The largest absolute Gasteiger partial charge is 0.353 e. The Balaban J connectivity index is 0.00000264. The molecule has 0 spiro atoms. The number of nitrogens with zero attached hydrogens (tertiary/aromatic N) is 2. The number of sulfonamides is 1. The molecule has 23 heavy (non-hydrogen) atoms. The summed E-state index contributed by atoms with van der Waals surface area (Å²) in [6.45, 7) is 0.549. The molecule has 0 saturated heterocycles. The molecular weight excluding hydrogens is 447 g/mol. The van der Waals surface area contributed by atoms with Crippen LogP contribution in [0.5, 0.6) is 0 Å². The molecule has 130 valence electrons. The van der Waals surface area contributed by atoms with Crippen LogP contribution in [0.25, 0.3) is 0 Å². The zero-order chi connectivity index (χ0) is 16.2. The zero-order valence-corrected chi connectivity index (χ0v) is 17.4. The van der Waals surface area contributed by atoms with Gasteiger partial charge in [-0.25, -0.2) is 12.7 Å². The van der Waals surface area contributed by atoms with Gasteiger partial charge < -0.3 is 10.6 Å². The molecule has 0 unspecified atom stereocenters. The van der Waals surface area contributed by atoms with Crippen LogP contribution in [0.4, 0.5) is 0 Å². The van der Waals surface area contributed by atoms with E-state index in [0.717, 1.165) is 23.7 Å². The third-order valence-corrected chi connectivity index (χ3v) is 6.74. The number of guanidine groups is 1. The summed E-state index contributed by atoms with van der Waals surface area (Å²) < 4.78 is 25.7. The van der Waals surface area contributed by atoms with Crippen molar-refractivity contribution in [3.8, 4) is 0 Å². The summed E-state index contributed by atoms with van der Waals surface area (Å²) in [6.07, 6.45) is 6.32. The van der Waals surface area contributed by atoms with Gasteiger partial charge in [-0.1, -0.05) is 12.2 Å². The molecule has 2 N–H and O–H groups in total. The summed E-state index contributed by atoms with van der Waals surface area (Å²) in [4.78, 5) is 5.15. The van der Waals surface area contributed by atoms with Gasteiger partial charge in [0.05, 0.1) is 6.54 Å². The fourth-order valence-corrected chi connectivity index (χ4v) is 4.53. The third-order valence-electron chi connectivity index (χ3n) is 3.37. The third kappa shape index (κ3) is 5.44. The number of nitrogens with one attached hydrogen (secondary N) is 2. The Labute approximate surface area is 159 Å². The van der Waals surface area contributed by atoms with E-state index in [1.165, 1.54) is 29.7 Å². The van der Waals surface area contributed by atoms with E-state index >= 15 is 0 Å². The van der Waals surface area contributed by atoms with E-state index in [4.69, 9.17) is 0 Å². The Bertz CT molecular complexity index is 660. The highest BCUT2D eigenvalue weighted by atomic mass is 127. The first-order chi connectivity index (χ1) is 10.4. The number of hydrogen-bond donors (Lipinski definition) is 2. The minimum Gasteiger partial charge on any atom is -0.353 e. The van der Waals surface area contributed by atoms with Crippen molar-refractivity contribution in [3.05, 3.63) is 29.2 Å². The molecule has 0 amide bonds. The first kappa shape index (κ1) is 20.4. The standard InChI is InChI=1S/C14H22N4O2S2.HI/c1-15-14(17-11-6-4-5-7-11)16-10-12-8-9-13(21-12)22(19,20)18(2)3;/h4-5,8-9,11H,6-7,10H2,1-3H3,(H2,15,16,17);1H. The molecule has 1 aliphatic rings. The Morgan fingerprint density at radius 1 is 1.35 bits per heavy atom. The molecule has 0 atom stereocenters. The van der Waals surface area contributed by atoms with Crippen molar-refractivity contribution < 1.29 is 8.42 Å². The van der Waals surface area contributed by atoms with Gasteiger partial charge in [-0.2, -0.15) is 0 Å². The fourth-order valence-electron chi connectivity index (χ4n) is 2.07. The van der Waals surface area contributed by atoms with Gasteiger partial charge in [-0.15, -0.1) is 35.3 Å². The van der Waals surface area contributed by atoms with Crippen molar-refractivity contribution in [2.24, 2.45) is 4.99 Å². The maximum absolute atomic E-state index is 12.0. The molecule has 1 heterocycles. The highest BCUT2D eigenvalue weighted by Gasteiger charge is 2.19. The molecule has 2 rings (SSSR count). The Morgan fingerprint density at radius 3 is 2.57 bits per heavy atom. The van der Waals surface area contributed by atoms with Crippen molar-refractivity contribution in [1.29, 1.82) is 0 Å². The lowest BCUT2D eigenvalue weighted by atomic mass is 10.2. The van der Waals surface area contributed by atoms with Crippen LogP contribution in [-0.4, -0.2) is 45.9 Å². The van der Waals surface area contributed by atoms with Crippen molar-refractivity contribution in [1.82, 2.24) is 14.9 Å². The van der Waals surface area contributed by atoms with Crippen LogP contribution in [0.2, 0.25) is 0 Å². The van der Waals surface area contributed by atoms with E-state index in [0.29, 0.717) is 16.8 Å². The Morgan fingerprint density at radius 2 is 2.00 bits per heavy atom. The van der Waals surface area contributed by atoms with Gasteiger partial charge in [0.25, 0.3) is 10.0 Å². The molecule has 0 fully saturated rings. The minimum atomic E-state index is -3.35. The van der Waals surface area contributed by atoms with E-state index in [9.17, 15) is 8.42 Å². The lowest BCUT2D eigenvalue weighted by Crippen LogP contribution is -2.41. The first-order valence-electron chi connectivity index (χ1n) is 7.07. The summed E-state index contributed by atoms with van der Waals surface area (Å²) >= 11 is 1.28. The fraction of sp³-hybridized carbons (Fsp3) is 0.500. The van der Waals surface area contributed by atoms with E-state index in [2.05, 4.69) is 27.8 Å². The van der Waals surface area contributed by atoms with E-state index in [-0.39, 0.29) is 24.0 Å². The zero-order valence-electron chi connectivity index (χ0n) is 13.4. The molecule has 0 bridgehead atoms. The van der Waals surface area contributed by atoms with Crippen molar-refractivity contribution in [2.75, 3.05) is 21.1 Å². The minimum absolute atomic E-state index is 0. The first-order valence-corrected chi connectivity index (χ1v) is 9.32. The van der Waals surface area contributed by atoms with Gasteiger partial charge in [0.15, 0.2) is 5.96 Å². The van der Waals surface area contributed by atoms with Gasteiger partial charge in [-0.3, -0.25) is 4.99 Å². The number of hydrogen-bond acceptors (Lipinski definition) is 4. The van der Waals surface area contributed by atoms with Crippen LogP contribution >= 0.6 is 35.3 Å². The van der Waals surface area contributed by atoms with Gasteiger partial charge in [0.1, 0.15) is 4.21 Å².